The molecule has 0 amide bonds. The predicted octanol–water partition coefficient (Wildman–Crippen LogP) is 5.86. The molecule has 37 heavy (non-hydrogen) atoms. The Morgan fingerprint density at radius 2 is 1.76 bits per heavy atom. The second kappa shape index (κ2) is 10.6. The fourth-order valence-electron chi connectivity index (χ4n) is 8.97. The Morgan fingerprint density at radius 1 is 1.03 bits per heavy atom. The fraction of sp³-hybridized carbons (Fsp3) is 0.806. The van der Waals surface area contributed by atoms with E-state index in [0.29, 0.717) is 43.6 Å². The number of ketones is 2. The van der Waals surface area contributed by atoms with Crippen LogP contribution in [0.5, 0.6) is 0 Å². The molecule has 4 aliphatic carbocycles. The van der Waals surface area contributed by atoms with Crippen LogP contribution in [-0.2, 0) is 28.7 Å². The first kappa shape index (κ1) is 28.0. The van der Waals surface area contributed by atoms with Gasteiger partial charge in [-0.15, -0.1) is 0 Å². The van der Waals surface area contributed by atoms with Gasteiger partial charge in [-0.25, -0.2) is 0 Å². The summed E-state index contributed by atoms with van der Waals surface area (Å²) in [5.74, 6) is 1.35. The van der Waals surface area contributed by atoms with E-state index in [9.17, 15) is 19.2 Å². The van der Waals surface area contributed by atoms with E-state index in [2.05, 4.69) is 13.8 Å². The average molecular weight is 515 g/mol. The maximum absolute atomic E-state index is 13.5. The quantitative estimate of drug-likeness (QED) is 0.377. The number of allylic oxidation sites excluding steroid dienone is 1. The summed E-state index contributed by atoms with van der Waals surface area (Å²) >= 11 is 0. The molecule has 0 bridgehead atoms. The van der Waals surface area contributed by atoms with E-state index >= 15 is 0 Å². The van der Waals surface area contributed by atoms with Gasteiger partial charge in [0.05, 0.1) is 6.61 Å². The molecule has 4 rings (SSSR count). The van der Waals surface area contributed by atoms with Crippen molar-refractivity contribution < 1.29 is 28.7 Å². The van der Waals surface area contributed by atoms with Crippen molar-refractivity contribution in [3.8, 4) is 0 Å². The second-order valence-corrected chi connectivity index (χ2v) is 13.1. The molecule has 0 aromatic carbocycles. The molecule has 1 unspecified atom stereocenters. The van der Waals surface area contributed by atoms with Crippen LogP contribution in [0, 0.1) is 46.3 Å². The monoisotopic (exact) mass is 514 g/mol. The highest BCUT2D eigenvalue weighted by Gasteiger charge is 2.63. The zero-order valence-corrected chi connectivity index (χ0v) is 23.6. The molecule has 0 heterocycles. The molecule has 4 aliphatic rings. The van der Waals surface area contributed by atoms with Crippen LogP contribution in [0.1, 0.15) is 99.3 Å². The number of rotatable bonds is 8. The average Bonchev–Trinajstić information content (AvgIpc) is 3.12. The molecular weight excluding hydrogens is 468 g/mol. The Kier molecular flexibility index (Phi) is 8.07. The van der Waals surface area contributed by atoms with Gasteiger partial charge in [-0.05, 0) is 85.5 Å². The molecule has 3 fully saturated rings. The van der Waals surface area contributed by atoms with Crippen LogP contribution in [0.25, 0.3) is 0 Å². The molecule has 6 nitrogen and oxygen atoms in total. The minimum absolute atomic E-state index is 0.0105. The van der Waals surface area contributed by atoms with E-state index in [4.69, 9.17) is 9.47 Å². The third kappa shape index (κ3) is 5.31. The lowest BCUT2D eigenvalue weighted by Gasteiger charge is -2.58. The molecule has 0 N–H and O–H groups in total. The van der Waals surface area contributed by atoms with Crippen molar-refractivity contribution in [2.75, 3.05) is 6.61 Å². The maximum Gasteiger partial charge on any atom is 0.302 e. The summed E-state index contributed by atoms with van der Waals surface area (Å²) in [6, 6.07) is 0. The highest BCUT2D eigenvalue weighted by molar-refractivity contribution is 5.91. The zero-order chi connectivity index (χ0) is 27.1. The van der Waals surface area contributed by atoms with Crippen molar-refractivity contribution in [3.05, 3.63) is 11.6 Å². The standard InChI is InChI=1S/C31H46O6/c1-18(17-36-20(3)32)7-10-27(35)19(2)29-28(37-21(4)33)16-26-24-9-8-22-15-23(34)11-13-30(22,5)25(24)12-14-31(26,29)6/h15,18-19,24-26,28-29H,7-14,16-17H2,1-6H3/t18?,19-,24-,25+,26+,28-,29+,30+,31+/m1/s1. The number of Topliss-reactive ketones (excluding diaryl/α,β-unsaturated/α-hetero) is 1. The van der Waals surface area contributed by atoms with Crippen LogP contribution in [0.15, 0.2) is 11.6 Å². The lowest BCUT2D eigenvalue weighted by Crippen LogP contribution is -2.51. The van der Waals surface area contributed by atoms with Gasteiger partial charge in [0, 0.05) is 38.5 Å². The van der Waals surface area contributed by atoms with Crippen molar-refractivity contribution >= 4 is 23.5 Å². The number of hydrogen-bond acceptors (Lipinski definition) is 6. The number of carbonyl (C=O) groups is 4. The number of esters is 2. The molecule has 0 spiro atoms. The van der Waals surface area contributed by atoms with Crippen molar-refractivity contribution in [1.29, 1.82) is 0 Å². The van der Waals surface area contributed by atoms with Crippen LogP contribution in [0.4, 0.5) is 0 Å². The largest absolute Gasteiger partial charge is 0.466 e. The zero-order valence-electron chi connectivity index (χ0n) is 23.6. The topological polar surface area (TPSA) is 86.7 Å². The van der Waals surface area contributed by atoms with Gasteiger partial charge in [-0.3, -0.25) is 19.2 Å². The number of hydrogen-bond donors (Lipinski definition) is 0. The van der Waals surface area contributed by atoms with Gasteiger partial charge < -0.3 is 9.47 Å². The maximum atomic E-state index is 13.5. The number of carbonyl (C=O) groups excluding carboxylic acids is 4. The summed E-state index contributed by atoms with van der Waals surface area (Å²) in [7, 11) is 0. The molecule has 0 aromatic heterocycles. The van der Waals surface area contributed by atoms with E-state index in [1.165, 1.54) is 19.4 Å². The molecule has 6 heteroatoms. The molecule has 0 radical (unpaired) electrons. The molecule has 0 aliphatic heterocycles. The Balaban J connectivity index is 1.53. The van der Waals surface area contributed by atoms with Gasteiger partial charge in [-0.2, -0.15) is 0 Å². The van der Waals surface area contributed by atoms with E-state index in [0.717, 1.165) is 38.5 Å². The normalized spacial score (nSPS) is 38.4. The van der Waals surface area contributed by atoms with Crippen LogP contribution in [0.3, 0.4) is 0 Å². The first-order chi connectivity index (χ1) is 17.4. The Bertz CT molecular complexity index is 967. The Morgan fingerprint density at radius 3 is 2.43 bits per heavy atom. The molecule has 3 saturated carbocycles. The molecule has 9 atom stereocenters. The van der Waals surface area contributed by atoms with E-state index in [1.54, 1.807) is 0 Å². The lowest BCUT2D eigenvalue weighted by atomic mass is 9.46. The second-order valence-electron chi connectivity index (χ2n) is 13.1. The molecular formula is C31H46O6. The van der Waals surface area contributed by atoms with Gasteiger partial charge in [-0.1, -0.05) is 33.3 Å². The summed E-state index contributed by atoms with van der Waals surface area (Å²) in [5.41, 5.74) is 1.39. The highest BCUT2D eigenvalue weighted by Crippen LogP contribution is 2.68. The summed E-state index contributed by atoms with van der Waals surface area (Å²) in [6.07, 6.45) is 9.43. The summed E-state index contributed by atoms with van der Waals surface area (Å²) in [6.45, 7) is 12.0. The van der Waals surface area contributed by atoms with Crippen LogP contribution < -0.4 is 0 Å². The molecule has 0 saturated heterocycles. The van der Waals surface area contributed by atoms with Crippen molar-refractivity contribution in [2.24, 2.45) is 46.3 Å². The Hall–Kier alpha value is -1.98. The van der Waals surface area contributed by atoms with Gasteiger partial charge >= 0.3 is 11.9 Å². The van der Waals surface area contributed by atoms with Gasteiger partial charge in [0.1, 0.15) is 11.9 Å². The predicted molar refractivity (Wildman–Crippen MR) is 140 cm³/mol. The third-order valence-corrected chi connectivity index (χ3v) is 10.9. The van der Waals surface area contributed by atoms with E-state index < -0.39 is 0 Å². The number of fused-ring (bicyclic) bond motifs is 5. The van der Waals surface area contributed by atoms with Crippen LogP contribution in [0.2, 0.25) is 0 Å². The lowest BCUT2D eigenvalue weighted by molar-refractivity contribution is -0.152. The summed E-state index contributed by atoms with van der Waals surface area (Å²) in [5, 5.41) is 0. The van der Waals surface area contributed by atoms with Crippen LogP contribution in [-0.4, -0.2) is 36.2 Å². The fourth-order valence-corrected chi connectivity index (χ4v) is 8.97. The van der Waals surface area contributed by atoms with Crippen LogP contribution >= 0.6 is 0 Å². The summed E-state index contributed by atoms with van der Waals surface area (Å²) in [4.78, 5) is 48.9. The van der Waals surface area contributed by atoms with Gasteiger partial charge in [0.15, 0.2) is 5.78 Å². The minimum Gasteiger partial charge on any atom is -0.466 e. The van der Waals surface area contributed by atoms with Crippen molar-refractivity contribution in [3.63, 3.8) is 0 Å². The van der Waals surface area contributed by atoms with Crippen molar-refractivity contribution in [1.82, 2.24) is 0 Å². The summed E-state index contributed by atoms with van der Waals surface area (Å²) < 4.78 is 11.1. The first-order valence-electron chi connectivity index (χ1n) is 14.4. The number of ether oxygens (including phenoxy) is 2. The molecule has 0 aromatic rings. The minimum atomic E-state index is -0.296. The van der Waals surface area contributed by atoms with Gasteiger partial charge in [0.2, 0.25) is 0 Å². The molecule has 206 valence electrons. The van der Waals surface area contributed by atoms with Gasteiger partial charge in [0.25, 0.3) is 0 Å². The SMILES string of the molecule is CC(=O)OCC(C)CCC(=O)[C@@H](C)[C@H]1[C@H](OC(C)=O)C[C@H]2[C@@H]3CCC4=CC(=O)CC[C@]4(C)[C@H]3CC[C@]12C. The Labute approximate surface area is 222 Å². The smallest absolute Gasteiger partial charge is 0.302 e. The van der Waals surface area contributed by atoms with Crippen molar-refractivity contribution in [2.45, 2.75) is 105 Å². The third-order valence-electron chi connectivity index (χ3n) is 10.9. The van der Waals surface area contributed by atoms with E-state index in [-0.39, 0.29) is 58.2 Å². The highest BCUT2D eigenvalue weighted by atomic mass is 16.5. The first-order valence-corrected chi connectivity index (χ1v) is 14.4. The van der Waals surface area contributed by atoms with E-state index in [1.807, 2.05) is 19.9 Å².